The molecule has 1 amide bonds. The number of amides is 1. The Morgan fingerprint density at radius 1 is 1.21 bits per heavy atom. The lowest BCUT2D eigenvalue weighted by atomic mass is 9.97. The van der Waals surface area contributed by atoms with Crippen molar-refractivity contribution in [3.8, 4) is 5.75 Å². The normalized spacial score (nSPS) is 16.2. The number of methoxy groups -OCH3 is 1. The molecule has 0 unspecified atom stereocenters. The quantitative estimate of drug-likeness (QED) is 0.383. The highest BCUT2D eigenvalue weighted by Gasteiger charge is 2.27. The summed E-state index contributed by atoms with van der Waals surface area (Å²) < 4.78 is 7.28. The monoisotopic (exact) mass is 483 g/mol. The molecule has 1 fully saturated rings. The molecule has 6 nitrogen and oxygen atoms in total. The molecule has 3 aromatic rings. The zero-order chi connectivity index (χ0) is 22.8. The van der Waals surface area contributed by atoms with Crippen molar-refractivity contribution in [2.75, 3.05) is 12.9 Å². The van der Waals surface area contributed by atoms with Crippen LogP contribution in [0.5, 0.6) is 5.75 Å². The molecule has 1 saturated carbocycles. The minimum absolute atomic E-state index is 0.0799. The smallest absolute Gasteiger partial charge is 0.263 e. The fourth-order valence-corrected chi connectivity index (χ4v) is 7.21. The molecule has 2 aromatic heterocycles. The minimum Gasteiger partial charge on any atom is -0.496 e. The summed E-state index contributed by atoms with van der Waals surface area (Å²) in [5, 5.41) is 4.50. The van der Waals surface area contributed by atoms with E-state index in [0.29, 0.717) is 11.7 Å². The van der Waals surface area contributed by atoms with Crippen LogP contribution in [0.4, 0.5) is 0 Å². The van der Waals surface area contributed by atoms with E-state index in [4.69, 9.17) is 9.72 Å². The van der Waals surface area contributed by atoms with Crippen molar-refractivity contribution in [3.05, 3.63) is 50.6 Å². The van der Waals surface area contributed by atoms with Crippen molar-refractivity contribution in [3.63, 3.8) is 0 Å². The predicted octanol–water partition coefficient (Wildman–Crippen LogP) is 4.87. The largest absolute Gasteiger partial charge is 0.496 e. The number of carbonyl (C=O) groups is 1. The van der Waals surface area contributed by atoms with Crippen LogP contribution in [0.15, 0.2) is 34.2 Å². The van der Waals surface area contributed by atoms with Crippen molar-refractivity contribution in [2.24, 2.45) is 0 Å². The van der Waals surface area contributed by atoms with Crippen LogP contribution in [0, 0.1) is 0 Å². The van der Waals surface area contributed by atoms with Gasteiger partial charge in [-0.25, -0.2) is 4.98 Å². The lowest BCUT2D eigenvalue weighted by Crippen LogP contribution is -2.28. The van der Waals surface area contributed by atoms with E-state index in [1.165, 1.54) is 28.6 Å². The molecule has 0 atom stereocenters. The van der Waals surface area contributed by atoms with E-state index in [1.807, 2.05) is 28.8 Å². The van der Waals surface area contributed by atoms with Crippen molar-refractivity contribution >= 4 is 39.2 Å². The van der Waals surface area contributed by atoms with Crippen LogP contribution in [0.25, 0.3) is 10.2 Å². The minimum atomic E-state index is -0.0799. The Balaban J connectivity index is 1.38. The van der Waals surface area contributed by atoms with Crippen molar-refractivity contribution in [2.45, 2.75) is 69.1 Å². The van der Waals surface area contributed by atoms with Gasteiger partial charge in [-0.2, -0.15) is 0 Å². The van der Waals surface area contributed by atoms with Crippen LogP contribution in [0.2, 0.25) is 0 Å². The van der Waals surface area contributed by atoms with Gasteiger partial charge < -0.3 is 10.1 Å². The maximum Gasteiger partial charge on any atom is 0.263 e. The van der Waals surface area contributed by atoms with E-state index in [9.17, 15) is 9.59 Å². The maximum absolute atomic E-state index is 13.7. The molecule has 2 aliphatic carbocycles. The van der Waals surface area contributed by atoms with Gasteiger partial charge in [0.15, 0.2) is 5.16 Å². The van der Waals surface area contributed by atoms with Gasteiger partial charge in [-0.1, -0.05) is 42.8 Å². The topological polar surface area (TPSA) is 73.2 Å². The molecule has 2 aliphatic rings. The Morgan fingerprint density at radius 3 is 2.82 bits per heavy atom. The summed E-state index contributed by atoms with van der Waals surface area (Å²) in [5.74, 6) is 0.906. The van der Waals surface area contributed by atoms with Gasteiger partial charge in [-0.15, -0.1) is 11.3 Å². The second-order valence-corrected chi connectivity index (χ2v) is 10.8. The molecule has 0 aliphatic heterocycles. The van der Waals surface area contributed by atoms with Gasteiger partial charge in [0.2, 0.25) is 5.91 Å². The average molecular weight is 484 g/mol. The number of hydrogen-bond donors (Lipinski definition) is 1. The molecule has 2 heterocycles. The summed E-state index contributed by atoms with van der Waals surface area (Å²) in [6, 6.07) is 7.85. The molecule has 5 rings (SSSR count). The summed E-state index contributed by atoms with van der Waals surface area (Å²) in [6.45, 7) is 0.406. The number of aryl methyl sites for hydroxylation is 2. The molecule has 8 heteroatoms. The van der Waals surface area contributed by atoms with Crippen LogP contribution in [0.3, 0.4) is 0 Å². The number of carbonyl (C=O) groups excluding carboxylic acids is 1. The highest BCUT2D eigenvalue weighted by atomic mass is 32.2. The zero-order valence-electron chi connectivity index (χ0n) is 18.9. The molecular weight excluding hydrogens is 454 g/mol. The molecule has 1 N–H and O–H groups in total. The fraction of sp³-hybridized carbons (Fsp3) is 0.480. The number of rotatable bonds is 7. The van der Waals surface area contributed by atoms with Crippen LogP contribution < -0.4 is 15.6 Å². The predicted molar refractivity (Wildman–Crippen MR) is 134 cm³/mol. The molecule has 174 valence electrons. The number of para-hydroxylation sites is 1. The van der Waals surface area contributed by atoms with Gasteiger partial charge in [0.25, 0.3) is 5.56 Å². The lowest BCUT2D eigenvalue weighted by molar-refractivity contribution is -0.118. The maximum atomic E-state index is 13.7. The van der Waals surface area contributed by atoms with Crippen LogP contribution in [0.1, 0.15) is 60.6 Å². The Hall–Kier alpha value is -2.32. The number of ether oxygens (including phenoxy) is 1. The van der Waals surface area contributed by atoms with E-state index in [0.717, 1.165) is 66.5 Å². The lowest BCUT2D eigenvalue weighted by Gasteiger charge is -2.18. The van der Waals surface area contributed by atoms with Gasteiger partial charge in [-0.05, 0) is 50.2 Å². The van der Waals surface area contributed by atoms with Gasteiger partial charge in [0, 0.05) is 23.0 Å². The molecule has 0 bridgehead atoms. The number of fused-ring (bicyclic) bond motifs is 3. The van der Waals surface area contributed by atoms with Gasteiger partial charge in [0.1, 0.15) is 10.6 Å². The van der Waals surface area contributed by atoms with Crippen LogP contribution in [-0.2, 0) is 24.2 Å². The van der Waals surface area contributed by atoms with E-state index < -0.39 is 0 Å². The van der Waals surface area contributed by atoms with Gasteiger partial charge in [-0.3, -0.25) is 14.2 Å². The molecule has 0 radical (unpaired) electrons. The Labute approximate surface area is 201 Å². The van der Waals surface area contributed by atoms with Gasteiger partial charge in [0.05, 0.1) is 18.2 Å². The first-order chi connectivity index (χ1) is 16.2. The first-order valence-electron chi connectivity index (χ1n) is 11.7. The van der Waals surface area contributed by atoms with E-state index in [2.05, 4.69) is 5.32 Å². The van der Waals surface area contributed by atoms with Gasteiger partial charge >= 0.3 is 0 Å². The fourth-order valence-electron chi connectivity index (χ4n) is 5.01. The van der Waals surface area contributed by atoms with E-state index in [-0.39, 0.29) is 23.3 Å². The number of thiophene rings is 1. The summed E-state index contributed by atoms with van der Waals surface area (Å²) in [6.07, 6.45) is 8.65. The second-order valence-electron chi connectivity index (χ2n) is 8.78. The highest BCUT2D eigenvalue weighted by Crippen LogP contribution is 2.37. The summed E-state index contributed by atoms with van der Waals surface area (Å²) in [5.41, 5.74) is 2.27. The molecule has 33 heavy (non-hydrogen) atoms. The second kappa shape index (κ2) is 9.89. The molecule has 0 saturated heterocycles. The number of benzene rings is 1. The highest BCUT2D eigenvalue weighted by molar-refractivity contribution is 7.99. The standard InChI is InChI=1S/C25H29N3O3S2/c1-31-19-12-6-2-8-16(19)14-26-21(29)15-32-25-27-23-22(18-11-5-7-13-20(18)33-23)24(30)28(25)17-9-3-4-10-17/h2,6,8,12,17H,3-5,7,9-11,13-15H2,1H3,(H,26,29). The molecule has 1 aromatic carbocycles. The van der Waals surface area contributed by atoms with Crippen LogP contribution >= 0.6 is 23.1 Å². The van der Waals surface area contributed by atoms with E-state index >= 15 is 0 Å². The number of thioether (sulfide) groups is 1. The number of nitrogens with one attached hydrogen (secondary N) is 1. The Bertz CT molecular complexity index is 1230. The number of nitrogens with zero attached hydrogens (tertiary/aromatic N) is 2. The third-order valence-corrected chi connectivity index (χ3v) is 8.82. The first kappa shape index (κ1) is 22.5. The molecular formula is C25H29N3O3S2. The van der Waals surface area contributed by atoms with Crippen molar-refractivity contribution in [1.29, 1.82) is 0 Å². The summed E-state index contributed by atoms with van der Waals surface area (Å²) in [7, 11) is 1.63. The van der Waals surface area contributed by atoms with Crippen molar-refractivity contribution in [1.82, 2.24) is 14.9 Å². The Morgan fingerprint density at radius 2 is 2.00 bits per heavy atom. The molecule has 0 spiro atoms. The van der Waals surface area contributed by atoms with Crippen LogP contribution in [-0.4, -0.2) is 28.3 Å². The zero-order valence-corrected chi connectivity index (χ0v) is 20.5. The average Bonchev–Trinajstić information content (AvgIpc) is 3.49. The first-order valence-corrected chi connectivity index (χ1v) is 13.5. The third kappa shape index (κ3) is 4.55. The SMILES string of the molecule is COc1ccccc1CNC(=O)CSc1nc2sc3c(c2c(=O)n1C1CCCC1)CCCC3. The van der Waals surface area contributed by atoms with E-state index in [1.54, 1.807) is 18.4 Å². The summed E-state index contributed by atoms with van der Waals surface area (Å²) in [4.78, 5) is 33.5. The Kier molecular flexibility index (Phi) is 6.74. The number of hydrogen-bond acceptors (Lipinski definition) is 6. The van der Waals surface area contributed by atoms with Crippen molar-refractivity contribution < 1.29 is 9.53 Å². The third-order valence-electron chi connectivity index (χ3n) is 6.68. The summed E-state index contributed by atoms with van der Waals surface area (Å²) >= 11 is 3.05. The number of aromatic nitrogens is 2.